The van der Waals surface area contributed by atoms with Crippen molar-refractivity contribution in [1.29, 1.82) is 0 Å². The van der Waals surface area contributed by atoms with E-state index in [0.29, 0.717) is 27.7 Å². The predicted octanol–water partition coefficient (Wildman–Crippen LogP) is 5.22. The highest BCUT2D eigenvalue weighted by Gasteiger charge is 2.20. The number of hydrogen-bond donors (Lipinski definition) is 2. The molecule has 0 fully saturated rings. The molecular formula is C22H19FN4OS. The predicted molar refractivity (Wildman–Crippen MR) is 112 cm³/mol. The molecule has 146 valence electrons. The number of benzene rings is 2. The molecule has 0 saturated carbocycles. The van der Waals surface area contributed by atoms with Crippen molar-refractivity contribution in [3.8, 4) is 21.8 Å². The highest BCUT2D eigenvalue weighted by molar-refractivity contribution is 7.16. The standard InChI is InChI=1S/C22H19FN4OS/c1-2-17(20-24-12-18(26-20)14-8-4-3-5-9-14)27-21(28)19-13-25-22(29-19)15-10-6-7-11-16(15)23/h3-13,17H,2H2,1H3,(H,24,26)(H,27,28). The smallest absolute Gasteiger partial charge is 0.263 e. The summed E-state index contributed by atoms with van der Waals surface area (Å²) in [6, 6.07) is 16.0. The van der Waals surface area contributed by atoms with Gasteiger partial charge in [-0.25, -0.2) is 14.4 Å². The van der Waals surface area contributed by atoms with Gasteiger partial charge in [-0.1, -0.05) is 49.4 Å². The van der Waals surface area contributed by atoms with E-state index in [1.807, 2.05) is 37.3 Å². The summed E-state index contributed by atoms with van der Waals surface area (Å²) in [4.78, 5) is 25.1. The molecule has 4 aromatic rings. The number of aromatic nitrogens is 3. The van der Waals surface area contributed by atoms with Gasteiger partial charge in [0.05, 0.1) is 24.1 Å². The van der Waals surface area contributed by atoms with Crippen LogP contribution in [0.2, 0.25) is 0 Å². The first kappa shape index (κ1) is 19.0. The van der Waals surface area contributed by atoms with Gasteiger partial charge in [0.2, 0.25) is 0 Å². The third-order valence-electron chi connectivity index (χ3n) is 4.56. The van der Waals surface area contributed by atoms with Gasteiger partial charge in [0.25, 0.3) is 5.91 Å². The summed E-state index contributed by atoms with van der Waals surface area (Å²) in [5.74, 6) is 0.0809. The lowest BCUT2D eigenvalue weighted by molar-refractivity contribution is 0.0938. The lowest BCUT2D eigenvalue weighted by Crippen LogP contribution is -2.28. The van der Waals surface area contributed by atoms with Crippen LogP contribution in [0.1, 0.15) is 34.9 Å². The van der Waals surface area contributed by atoms with E-state index in [1.54, 1.807) is 24.4 Å². The zero-order valence-corrected chi connectivity index (χ0v) is 16.5. The maximum Gasteiger partial charge on any atom is 0.263 e. The molecule has 0 radical (unpaired) electrons. The fourth-order valence-corrected chi connectivity index (χ4v) is 3.86. The molecule has 0 bridgehead atoms. The van der Waals surface area contributed by atoms with Crippen molar-refractivity contribution in [2.45, 2.75) is 19.4 Å². The Morgan fingerprint density at radius 2 is 1.86 bits per heavy atom. The molecule has 1 unspecified atom stereocenters. The molecule has 2 N–H and O–H groups in total. The van der Waals surface area contributed by atoms with Crippen LogP contribution in [-0.4, -0.2) is 20.9 Å². The van der Waals surface area contributed by atoms with Crippen LogP contribution in [0.25, 0.3) is 21.8 Å². The highest BCUT2D eigenvalue weighted by atomic mass is 32.1. The number of thiazole rings is 1. The number of imidazole rings is 1. The van der Waals surface area contributed by atoms with Gasteiger partial charge in [-0.15, -0.1) is 11.3 Å². The van der Waals surface area contributed by atoms with E-state index in [-0.39, 0.29) is 17.8 Å². The quantitative estimate of drug-likeness (QED) is 0.461. The maximum atomic E-state index is 14.0. The zero-order chi connectivity index (χ0) is 20.2. The molecule has 1 atom stereocenters. The number of H-pyrrole nitrogens is 1. The van der Waals surface area contributed by atoms with Gasteiger partial charge in [-0.2, -0.15) is 0 Å². The Labute approximate surface area is 171 Å². The largest absolute Gasteiger partial charge is 0.341 e. The SMILES string of the molecule is CCC(NC(=O)c1cnc(-c2ccccc2F)s1)c1ncc(-c2ccccc2)[nH]1. The van der Waals surface area contributed by atoms with Crippen molar-refractivity contribution in [3.63, 3.8) is 0 Å². The lowest BCUT2D eigenvalue weighted by Gasteiger charge is -2.13. The zero-order valence-electron chi connectivity index (χ0n) is 15.7. The third-order valence-corrected chi connectivity index (χ3v) is 5.59. The van der Waals surface area contributed by atoms with E-state index < -0.39 is 0 Å². The molecule has 1 amide bonds. The number of hydrogen-bond acceptors (Lipinski definition) is 4. The molecule has 4 rings (SSSR count). The van der Waals surface area contributed by atoms with Gasteiger partial charge < -0.3 is 10.3 Å². The molecule has 7 heteroatoms. The van der Waals surface area contributed by atoms with Crippen molar-refractivity contribution in [1.82, 2.24) is 20.3 Å². The number of carbonyl (C=O) groups excluding carboxylic acids is 1. The Kier molecular flexibility index (Phi) is 5.48. The van der Waals surface area contributed by atoms with Crippen LogP contribution in [0.15, 0.2) is 67.0 Å². The number of carbonyl (C=O) groups is 1. The molecule has 0 spiro atoms. The molecule has 29 heavy (non-hydrogen) atoms. The lowest BCUT2D eigenvalue weighted by atomic mass is 10.2. The van der Waals surface area contributed by atoms with Gasteiger partial charge in [-0.3, -0.25) is 4.79 Å². The van der Waals surface area contributed by atoms with Crippen molar-refractivity contribution >= 4 is 17.2 Å². The Morgan fingerprint density at radius 1 is 1.10 bits per heavy atom. The van der Waals surface area contributed by atoms with E-state index in [1.165, 1.54) is 12.3 Å². The van der Waals surface area contributed by atoms with Gasteiger partial charge in [-0.05, 0) is 24.1 Å². The summed E-state index contributed by atoms with van der Waals surface area (Å²) in [5.41, 5.74) is 2.32. The maximum absolute atomic E-state index is 14.0. The molecule has 0 saturated heterocycles. The van der Waals surface area contributed by atoms with E-state index >= 15 is 0 Å². The molecule has 0 aliphatic carbocycles. The number of rotatable bonds is 6. The number of halogens is 1. The minimum Gasteiger partial charge on any atom is -0.341 e. The average Bonchev–Trinajstić information content (AvgIpc) is 3.43. The Morgan fingerprint density at radius 3 is 2.62 bits per heavy atom. The van der Waals surface area contributed by atoms with Gasteiger partial charge >= 0.3 is 0 Å². The minimum atomic E-state index is -0.357. The van der Waals surface area contributed by atoms with Crippen LogP contribution >= 0.6 is 11.3 Å². The van der Waals surface area contributed by atoms with Gasteiger partial charge in [0, 0.05) is 5.56 Å². The monoisotopic (exact) mass is 406 g/mol. The molecule has 0 aliphatic rings. The van der Waals surface area contributed by atoms with Gasteiger partial charge in [0.15, 0.2) is 0 Å². The van der Waals surface area contributed by atoms with Crippen molar-refractivity contribution in [2.75, 3.05) is 0 Å². The van der Waals surface area contributed by atoms with Crippen molar-refractivity contribution < 1.29 is 9.18 Å². The van der Waals surface area contributed by atoms with Crippen LogP contribution in [0.5, 0.6) is 0 Å². The fourth-order valence-electron chi connectivity index (χ4n) is 3.01. The summed E-state index contributed by atoms with van der Waals surface area (Å²) in [7, 11) is 0. The van der Waals surface area contributed by atoms with Crippen LogP contribution in [-0.2, 0) is 0 Å². The molecule has 5 nitrogen and oxygen atoms in total. The topological polar surface area (TPSA) is 70.7 Å². The number of nitrogens with one attached hydrogen (secondary N) is 2. The van der Waals surface area contributed by atoms with Crippen LogP contribution in [0.4, 0.5) is 4.39 Å². The second kappa shape index (κ2) is 8.36. The van der Waals surface area contributed by atoms with Crippen molar-refractivity contribution in [3.05, 3.63) is 83.5 Å². The number of nitrogens with zero attached hydrogens (tertiary/aromatic N) is 2. The van der Waals surface area contributed by atoms with Gasteiger partial charge in [0.1, 0.15) is 21.5 Å². The van der Waals surface area contributed by atoms with E-state index in [9.17, 15) is 9.18 Å². The average molecular weight is 406 g/mol. The summed E-state index contributed by atoms with van der Waals surface area (Å²) >= 11 is 1.16. The van der Waals surface area contributed by atoms with Crippen molar-refractivity contribution in [2.24, 2.45) is 0 Å². The number of amides is 1. The highest BCUT2D eigenvalue weighted by Crippen LogP contribution is 2.28. The van der Waals surface area contributed by atoms with E-state index in [0.717, 1.165) is 22.6 Å². The Bertz CT molecular complexity index is 1120. The first-order valence-electron chi connectivity index (χ1n) is 9.27. The second-order valence-corrected chi connectivity index (χ2v) is 7.52. The van der Waals surface area contributed by atoms with Crippen LogP contribution < -0.4 is 5.32 Å². The first-order chi connectivity index (χ1) is 14.2. The molecule has 2 heterocycles. The Balaban J connectivity index is 1.50. The molecule has 0 aliphatic heterocycles. The minimum absolute atomic E-state index is 0.255. The summed E-state index contributed by atoms with van der Waals surface area (Å²) in [6.45, 7) is 1.98. The van der Waals surface area contributed by atoms with Crippen LogP contribution in [0, 0.1) is 5.82 Å². The second-order valence-electron chi connectivity index (χ2n) is 6.49. The summed E-state index contributed by atoms with van der Waals surface area (Å²) in [5, 5.41) is 3.46. The van der Waals surface area contributed by atoms with Crippen LogP contribution in [0.3, 0.4) is 0 Å². The van der Waals surface area contributed by atoms with E-state index in [4.69, 9.17) is 0 Å². The van der Waals surface area contributed by atoms with E-state index in [2.05, 4.69) is 20.3 Å². The summed E-state index contributed by atoms with van der Waals surface area (Å²) < 4.78 is 14.0. The molecule has 2 aromatic carbocycles. The first-order valence-corrected chi connectivity index (χ1v) is 10.1. The summed E-state index contributed by atoms with van der Waals surface area (Å²) in [6.07, 6.45) is 3.92. The third kappa shape index (κ3) is 4.09. The Hall–Kier alpha value is -3.32. The number of aromatic amines is 1. The molecule has 2 aromatic heterocycles. The molecular weight excluding hydrogens is 387 g/mol. The fraction of sp³-hybridized carbons (Fsp3) is 0.136. The normalized spacial score (nSPS) is 11.9.